The van der Waals surface area contributed by atoms with Crippen molar-refractivity contribution >= 4 is 29.4 Å². The van der Waals surface area contributed by atoms with Crippen molar-refractivity contribution in [1.29, 1.82) is 0 Å². The van der Waals surface area contributed by atoms with E-state index < -0.39 is 16.4 Å². The number of carbonyl (C=O) groups is 1. The number of amides is 1. The highest BCUT2D eigenvalue weighted by atomic mass is 35.5. The van der Waals surface area contributed by atoms with Gasteiger partial charge >= 0.3 is 0 Å². The number of halogens is 1. The molecule has 0 aliphatic rings. The number of aromatic nitrogens is 1. The molecular weight excluding hydrogens is 480 g/mol. The van der Waals surface area contributed by atoms with Gasteiger partial charge in [-0.1, -0.05) is 72.3 Å². The number of hydrogen-bond donors (Lipinski definition) is 2. The Morgan fingerprint density at radius 1 is 1.03 bits per heavy atom. The van der Waals surface area contributed by atoms with E-state index in [2.05, 4.69) is 10.5 Å². The fourth-order valence-electron chi connectivity index (χ4n) is 4.13. The van der Waals surface area contributed by atoms with Gasteiger partial charge in [0, 0.05) is 28.7 Å². The minimum Gasteiger partial charge on any atom is -0.372 e. The summed E-state index contributed by atoms with van der Waals surface area (Å²) in [6.07, 6.45) is 1.49. The lowest BCUT2D eigenvalue weighted by atomic mass is 9.85. The van der Waals surface area contributed by atoms with Gasteiger partial charge in [0.2, 0.25) is 0 Å². The highest BCUT2D eigenvalue weighted by Crippen LogP contribution is 2.31. The normalized spacial score (nSPS) is 11.6. The summed E-state index contributed by atoms with van der Waals surface area (Å²) >= 11 is 6.10. The topological polar surface area (TPSA) is 110 Å². The molecule has 182 valence electrons. The first kappa shape index (κ1) is 24.8. The van der Waals surface area contributed by atoms with Crippen LogP contribution in [0.2, 0.25) is 5.02 Å². The lowest BCUT2D eigenvalue weighted by Crippen LogP contribution is -2.43. The molecule has 0 atom stereocenters. The fourth-order valence-corrected chi connectivity index (χ4v) is 4.37. The molecule has 2 N–H and O–H groups in total. The van der Waals surface area contributed by atoms with Crippen LogP contribution < -0.4 is 5.43 Å². The van der Waals surface area contributed by atoms with Crippen LogP contribution in [0.15, 0.2) is 90.0 Å². The maximum Gasteiger partial charge on any atom is 0.288 e. The zero-order chi connectivity index (χ0) is 25.9. The summed E-state index contributed by atoms with van der Waals surface area (Å²) in [4.78, 5) is 23.8. The number of hydrogen-bond acceptors (Lipinski definition) is 5. The smallest absolute Gasteiger partial charge is 0.288 e. The van der Waals surface area contributed by atoms with E-state index in [-0.39, 0.29) is 10.7 Å². The Bertz CT molecular complexity index is 1410. The third-order valence-corrected chi connectivity index (χ3v) is 6.24. The van der Waals surface area contributed by atoms with Gasteiger partial charge in [0.1, 0.15) is 5.02 Å². The van der Waals surface area contributed by atoms with E-state index in [1.807, 2.05) is 24.5 Å². The SMILES string of the molecule is Cc1cc(/C=N/NC(=O)C(O)(c2ccccc2)c2ccccc2)c(C)n1-c1ccc([N+](=O)[O-])c(Cl)c1. The van der Waals surface area contributed by atoms with Crippen molar-refractivity contribution < 1.29 is 14.8 Å². The summed E-state index contributed by atoms with van der Waals surface area (Å²) in [6, 6.07) is 23.7. The molecule has 8 nitrogen and oxygen atoms in total. The molecule has 0 unspecified atom stereocenters. The number of carbonyl (C=O) groups excluding carboxylic acids is 1. The van der Waals surface area contributed by atoms with Crippen LogP contribution in [0.25, 0.3) is 5.69 Å². The average Bonchev–Trinajstić information content (AvgIpc) is 3.16. The van der Waals surface area contributed by atoms with Crippen molar-refractivity contribution in [3.63, 3.8) is 0 Å². The van der Waals surface area contributed by atoms with E-state index in [9.17, 15) is 20.0 Å². The van der Waals surface area contributed by atoms with Gasteiger partial charge in [-0.3, -0.25) is 14.9 Å². The van der Waals surface area contributed by atoms with Gasteiger partial charge in [-0.25, -0.2) is 5.43 Å². The number of nitrogens with one attached hydrogen (secondary N) is 1. The molecule has 1 heterocycles. The van der Waals surface area contributed by atoms with Gasteiger partial charge in [-0.05, 0) is 43.2 Å². The number of benzene rings is 3. The maximum absolute atomic E-state index is 13.2. The molecule has 0 fully saturated rings. The van der Waals surface area contributed by atoms with E-state index >= 15 is 0 Å². The largest absolute Gasteiger partial charge is 0.372 e. The Morgan fingerprint density at radius 3 is 2.14 bits per heavy atom. The molecule has 0 bridgehead atoms. The highest BCUT2D eigenvalue weighted by molar-refractivity contribution is 6.32. The summed E-state index contributed by atoms with van der Waals surface area (Å²) in [5.74, 6) is -0.702. The Balaban J connectivity index is 1.61. The van der Waals surface area contributed by atoms with Crippen LogP contribution in [0.4, 0.5) is 5.69 Å². The number of rotatable bonds is 7. The first-order chi connectivity index (χ1) is 17.2. The molecular formula is C27H23ClN4O4. The molecule has 36 heavy (non-hydrogen) atoms. The lowest BCUT2D eigenvalue weighted by molar-refractivity contribution is -0.384. The van der Waals surface area contributed by atoms with Gasteiger partial charge in [0.15, 0.2) is 5.60 Å². The molecule has 0 aliphatic carbocycles. The Hall–Kier alpha value is -4.27. The summed E-state index contributed by atoms with van der Waals surface area (Å²) in [5, 5.41) is 26.7. The van der Waals surface area contributed by atoms with Crippen LogP contribution in [-0.4, -0.2) is 26.7 Å². The number of aliphatic hydroxyl groups is 1. The molecule has 0 radical (unpaired) electrons. The van der Waals surface area contributed by atoms with Crippen molar-refractivity contribution in [3.8, 4) is 5.69 Å². The molecule has 9 heteroatoms. The highest BCUT2D eigenvalue weighted by Gasteiger charge is 2.39. The average molecular weight is 503 g/mol. The zero-order valence-corrected chi connectivity index (χ0v) is 20.3. The summed E-state index contributed by atoms with van der Waals surface area (Å²) in [7, 11) is 0. The first-order valence-corrected chi connectivity index (χ1v) is 11.4. The van der Waals surface area contributed by atoms with Crippen molar-refractivity contribution in [1.82, 2.24) is 9.99 Å². The molecule has 4 rings (SSSR count). The van der Waals surface area contributed by atoms with Crippen molar-refractivity contribution in [2.75, 3.05) is 0 Å². The van der Waals surface area contributed by atoms with Gasteiger partial charge in [0.25, 0.3) is 11.6 Å². The Morgan fingerprint density at radius 2 is 1.61 bits per heavy atom. The summed E-state index contributed by atoms with van der Waals surface area (Å²) in [5.41, 5.74) is 4.19. The second-order valence-electron chi connectivity index (χ2n) is 8.20. The van der Waals surface area contributed by atoms with Gasteiger partial charge in [-0.15, -0.1) is 0 Å². The number of nitrogens with zero attached hydrogens (tertiary/aromatic N) is 3. The second-order valence-corrected chi connectivity index (χ2v) is 8.60. The third kappa shape index (κ3) is 4.64. The maximum atomic E-state index is 13.2. The molecule has 1 amide bonds. The number of nitro groups is 1. The van der Waals surface area contributed by atoms with Crippen molar-refractivity contribution in [2.24, 2.45) is 5.10 Å². The molecule has 3 aromatic carbocycles. The number of hydrazone groups is 1. The molecule has 0 spiro atoms. The fraction of sp³-hybridized carbons (Fsp3) is 0.111. The summed E-state index contributed by atoms with van der Waals surface area (Å²) < 4.78 is 1.88. The molecule has 4 aromatic rings. The van der Waals surface area contributed by atoms with Crippen LogP contribution in [0.5, 0.6) is 0 Å². The van der Waals surface area contributed by atoms with Crippen LogP contribution >= 0.6 is 11.6 Å². The van der Waals surface area contributed by atoms with Crippen LogP contribution in [0, 0.1) is 24.0 Å². The molecule has 0 aliphatic heterocycles. The lowest BCUT2D eigenvalue weighted by Gasteiger charge is -2.27. The molecule has 0 saturated carbocycles. The summed E-state index contributed by atoms with van der Waals surface area (Å²) in [6.45, 7) is 3.73. The standard InChI is InChI=1S/C27H23ClN4O4/c1-18-15-20(19(2)31(18)23-13-14-25(32(35)36)24(28)16-23)17-29-30-26(33)27(34,21-9-5-3-6-10-21)22-11-7-4-8-12-22/h3-17,34H,1-2H3,(H,30,33)/b29-17+. The zero-order valence-electron chi connectivity index (χ0n) is 19.6. The minimum atomic E-state index is -1.94. The van der Waals surface area contributed by atoms with E-state index in [0.717, 1.165) is 11.4 Å². The monoisotopic (exact) mass is 502 g/mol. The number of aryl methyl sites for hydroxylation is 1. The third-order valence-electron chi connectivity index (χ3n) is 5.94. The Labute approximate surface area is 212 Å². The molecule has 0 saturated heterocycles. The Kier molecular flexibility index (Phi) is 7.00. The van der Waals surface area contributed by atoms with E-state index in [1.54, 1.807) is 66.7 Å². The molecule has 1 aromatic heterocycles. The van der Waals surface area contributed by atoms with Crippen molar-refractivity contribution in [2.45, 2.75) is 19.4 Å². The van der Waals surface area contributed by atoms with Crippen LogP contribution in [-0.2, 0) is 10.4 Å². The van der Waals surface area contributed by atoms with E-state index in [0.29, 0.717) is 22.4 Å². The first-order valence-electron chi connectivity index (χ1n) is 11.0. The van der Waals surface area contributed by atoms with Gasteiger partial charge in [0.05, 0.1) is 11.1 Å². The van der Waals surface area contributed by atoms with Crippen LogP contribution in [0.1, 0.15) is 28.1 Å². The van der Waals surface area contributed by atoms with Gasteiger partial charge < -0.3 is 9.67 Å². The predicted molar refractivity (Wildman–Crippen MR) is 139 cm³/mol. The van der Waals surface area contributed by atoms with E-state index in [1.165, 1.54) is 18.3 Å². The second kappa shape index (κ2) is 10.2. The van der Waals surface area contributed by atoms with Gasteiger partial charge in [-0.2, -0.15) is 5.10 Å². The number of nitro benzene ring substituents is 1. The quantitative estimate of drug-likeness (QED) is 0.209. The predicted octanol–water partition coefficient (Wildman–Crippen LogP) is 5.04. The minimum absolute atomic E-state index is 0.0357. The van der Waals surface area contributed by atoms with E-state index in [4.69, 9.17) is 11.6 Å². The van der Waals surface area contributed by atoms with Crippen LogP contribution in [0.3, 0.4) is 0 Å². The van der Waals surface area contributed by atoms with Crippen molar-refractivity contribution in [3.05, 3.63) is 128 Å².